The van der Waals surface area contributed by atoms with Gasteiger partial charge in [0, 0.05) is 30.1 Å². The van der Waals surface area contributed by atoms with Gasteiger partial charge in [-0.25, -0.2) is 0 Å². The second-order valence-corrected chi connectivity index (χ2v) is 11.9. The van der Waals surface area contributed by atoms with E-state index in [1.54, 1.807) is 43.5 Å². The first-order valence-electron chi connectivity index (χ1n) is 14.3. The zero-order chi connectivity index (χ0) is 31.5. The number of Topliss-reactive ketones (excluding diaryl/α,β-unsaturated/α-hetero) is 1. The number of amides is 1. The number of allylic oxidation sites excluding steroid dienone is 1. The molecule has 0 bridgehead atoms. The lowest BCUT2D eigenvalue weighted by atomic mass is 9.57. The Morgan fingerprint density at radius 2 is 1.91 bits per heavy atom. The second kappa shape index (κ2) is 10.9. The number of phenols is 1. The van der Waals surface area contributed by atoms with E-state index in [4.69, 9.17) is 10.2 Å². The van der Waals surface area contributed by atoms with E-state index >= 15 is 0 Å². The summed E-state index contributed by atoms with van der Waals surface area (Å²) in [7, 11) is 3.27. The second-order valence-electron chi connectivity index (χ2n) is 11.9. The van der Waals surface area contributed by atoms with Crippen LogP contribution in [0.2, 0.25) is 0 Å². The van der Waals surface area contributed by atoms with Crippen molar-refractivity contribution >= 4 is 17.4 Å². The van der Waals surface area contributed by atoms with E-state index in [-0.39, 0.29) is 29.7 Å². The summed E-state index contributed by atoms with van der Waals surface area (Å²) in [5, 5.41) is 58.9. The number of carbonyl (C=O) groups excluding carboxylic acids is 2. The van der Waals surface area contributed by atoms with Gasteiger partial charge in [-0.1, -0.05) is 6.07 Å². The maximum atomic E-state index is 14.0. The number of hydrogen-bond acceptors (Lipinski definition) is 11. The number of fused-ring (bicyclic) bond motifs is 3. The highest BCUT2D eigenvalue weighted by molar-refractivity contribution is 6.08. The highest BCUT2D eigenvalue weighted by Gasteiger charge is 2.62. The molecule has 0 saturated heterocycles. The molecule has 0 spiro atoms. The number of hydrogen-bond donors (Lipinski definition) is 7. The monoisotopic (exact) mass is 602 g/mol. The van der Waals surface area contributed by atoms with Crippen molar-refractivity contribution in [1.29, 1.82) is 0 Å². The summed E-state index contributed by atoms with van der Waals surface area (Å²) in [5.41, 5.74) is 6.78. The smallest absolute Gasteiger partial charge is 0.253 e. The van der Waals surface area contributed by atoms with Gasteiger partial charge in [0.1, 0.15) is 34.4 Å². The van der Waals surface area contributed by atoms with Gasteiger partial charge in [0.25, 0.3) is 5.91 Å². The zero-order valence-corrected chi connectivity index (χ0v) is 24.2. The van der Waals surface area contributed by atoms with Crippen LogP contribution in [0.5, 0.6) is 5.75 Å². The van der Waals surface area contributed by atoms with Crippen LogP contribution in [-0.4, -0.2) is 73.0 Å². The van der Waals surface area contributed by atoms with Crippen molar-refractivity contribution in [2.45, 2.75) is 37.8 Å². The van der Waals surface area contributed by atoms with Crippen molar-refractivity contribution in [3.8, 4) is 17.1 Å². The number of aliphatic hydroxyl groups is 4. The first-order chi connectivity index (χ1) is 20.9. The van der Waals surface area contributed by atoms with E-state index in [9.17, 15) is 35.1 Å². The molecule has 1 aromatic carbocycles. The Morgan fingerprint density at radius 3 is 2.59 bits per heavy atom. The molecule has 3 aromatic rings. The fourth-order valence-corrected chi connectivity index (χ4v) is 7.24. The fourth-order valence-electron chi connectivity index (χ4n) is 7.24. The first kappa shape index (κ1) is 29.6. The molecule has 6 rings (SSSR count). The first-order valence-corrected chi connectivity index (χ1v) is 14.3. The number of furan rings is 1. The van der Waals surface area contributed by atoms with Gasteiger partial charge in [-0.2, -0.15) is 0 Å². The Morgan fingerprint density at radius 1 is 1.14 bits per heavy atom. The minimum atomic E-state index is -3.07. The Bertz CT molecular complexity index is 1710. The molecule has 8 N–H and O–H groups in total. The quantitative estimate of drug-likeness (QED) is 0.195. The Balaban J connectivity index is 1.36. The number of phenolic OH excluding ortho intramolecular Hbond substituents is 1. The van der Waals surface area contributed by atoms with Gasteiger partial charge in [-0.15, -0.1) is 0 Å². The molecule has 1 saturated carbocycles. The number of likely N-dealkylation sites (N-methyl/N-ethyl adjacent to an activating group) is 1. The fraction of sp³-hybridized carbons (Fsp3) is 0.344. The van der Waals surface area contributed by atoms with Crippen molar-refractivity contribution in [2.75, 3.05) is 14.1 Å². The molecular weight excluding hydrogens is 568 g/mol. The zero-order valence-electron chi connectivity index (χ0n) is 24.2. The Hall–Kier alpha value is -4.49. The van der Waals surface area contributed by atoms with Crippen LogP contribution in [0.4, 0.5) is 0 Å². The maximum Gasteiger partial charge on any atom is 0.253 e. The molecule has 12 nitrogen and oxygen atoms in total. The lowest BCUT2D eigenvalue weighted by molar-refractivity contribution is -0.203. The van der Waals surface area contributed by atoms with Crippen molar-refractivity contribution in [3.63, 3.8) is 0 Å². The van der Waals surface area contributed by atoms with Crippen LogP contribution in [0.15, 0.2) is 70.1 Å². The van der Waals surface area contributed by atoms with Crippen LogP contribution in [0.25, 0.3) is 17.1 Å². The molecule has 230 valence electrons. The highest BCUT2D eigenvalue weighted by atomic mass is 16.5. The average molecular weight is 603 g/mol. The largest absolute Gasteiger partial charge is 0.510 e. The number of nitrogens with two attached hydrogens (primary N) is 1. The third-order valence-electron chi connectivity index (χ3n) is 9.00. The Labute approximate surface area is 252 Å². The molecule has 2 heterocycles. The van der Waals surface area contributed by atoms with Gasteiger partial charge >= 0.3 is 0 Å². The van der Waals surface area contributed by atoms with Crippen molar-refractivity contribution in [3.05, 3.63) is 88.1 Å². The minimum Gasteiger partial charge on any atom is -0.510 e. The van der Waals surface area contributed by atoms with E-state index in [1.165, 1.54) is 6.07 Å². The molecule has 0 aliphatic heterocycles. The van der Waals surface area contributed by atoms with Gasteiger partial charge in [-0.05, 0) is 80.2 Å². The van der Waals surface area contributed by atoms with Crippen molar-refractivity contribution < 1.29 is 39.5 Å². The number of pyridine rings is 1. The van der Waals surface area contributed by atoms with Gasteiger partial charge < -0.3 is 41.0 Å². The number of benzene rings is 1. The van der Waals surface area contributed by atoms with Gasteiger partial charge in [0.2, 0.25) is 5.79 Å². The van der Waals surface area contributed by atoms with Crippen LogP contribution < -0.4 is 11.1 Å². The van der Waals surface area contributed by atoms with Crippen LogP contribution in [0, 0.1) is 17.8 Å². The number of rotatable bonds is 7. The van der Waals surface area contributed by atoms with Gasteiger partial charge in [0.15, 0.2) is 5.78 Å². The molecule has 4 atom stereocenters. The normalized spacial score (nSPS) is 24.2. The Kier molecular flexibility index (Phi) is 7.33. The highest BCUT2D eigenvalue weighted by Crippen LogP contribution is 2.54. The molecule has 44 heavy (non-hydrogen) atoms. The molecule has 3 aliphatic rings. The number of carbonyl (C=O) groups is 2. The molecule has 12 heteroatoms. The molecule has 1 amide bonds. The topological polar surface area (TPSA) is 203 Å². The number of ketones is 1. The molecule has 1 fully saturated rings. The summed E-state index contributed by atoms with van der Waals surface area (Å²) in [6, 6.07) is 9.64. The summed E-state index contributed by atoms with van der Waals surface area (Å²) < 4.78 is 6.14. The van der Waals surface area contributed by atoms with E-state index < -0.39 is 58.4 Å². The number of aromatic nitrogens is 1. The summed E-state index contributed by atoms with van der Waals surface area (Å²) in [6.45, 7) is 1.05. The number of aromatic hydroxyl groups is 1. The molecule has 3 aliphatic carbocycles. The lowest BCUT2D eigenvalue weighted by Crippen LogP contribution is -2.62. The number of nitrogens with one attached hydrogen (secondary N) is 1. The van der Waals surface area contributed by atoms with E-state index in [0.29, 0.717) is 35.7 Å². The standard InChI is InChI=1S/C32H34N4O8/c1-36(2)27-20-11-16-10-19-18(22-8-5-17(44-22)14-35-13-15-4-3-9-34-12-15)6-7-21(37)24(19)28(38)23(16)29(39)25(20)32(42,43)26(30(27)40)31(33)41/h3-9,12,16,20,25,27,35,37-38,40,42-43H,10-11,13-14H2,1-2H3,(H2,33,41)/t16?,20?,25?,27-/m0/s1. The lowest BCUT2D eigenvalue weighted by Gasteiger charge is -2.51. The molecular formula is C32H34N4O8. The minimum absolute atomic E-state index is 0.0585. The maximum absolute atomic E-state index is 14.0. The predicted octanol–water partition coefficient (Wildman–Crippen LogP) is 1.91. The summed E-state index contributed by atoms with van der Waals surface area (Å²) in [4.78, 5) is 31.9. The average Bonchev–Trinajstić information content (AvgIpc) is 3.41. The van der Waals surface area contributed by atoms with E-state index in [1.807, 2.05) is 18.2 Å². The predicted molar refractivity (Wildman–Crippen MR) is 157 cm³/mol. The molecule has 0 radical (unpaired) electrons. The number of aliphatic hydroxyl groups excluding tert-OH is 2. The van der Waals surface area contributed by atoms with Crippen molar-refractivity contribution in [1.82, 2.24) is 15.2 Å². The van der Waals surface area contributed by atoms with Crippen LogP contribution in [0.1, 0.15) is 28.9 Å². The summed E-state index contributed by atoms with van der Waals surface area (Å²) >= 11 is 0. The van der Waals surface area contributed by atoms with E-state index in [2.05, 4.69) is 10.3 Å². The number of nitrogens with zero attached hydrogens (tertiary/aromatic N) is 2. The SMILES string of the molecule is CN(C)[C@@H]1C(O)=C(C(N)=O)C(O)(O)C2C(=O)C3=C(O)c4c(O)ccc(-c5ccc(CNCc6cccnc6)o5)c4CC3CC21. The van der Waals surface area contributed by atoms with Gasteiger partial charge in [-0.3, -0.25) is 19.5 Å². The van der Waals surface area contributed by atoms with Gasteiger partial charge in [0.05, 0.1) is 24.1 Å². The van der Waals surface area contributed by atoms with Crippen LogP contribution in [0.3, 0.4) is 0 Å². The third kappa shape index (κ3) is 4.67. The third-order valence-corrected chi connectivity index (χ3v) is 9.00. The van der Waals surface area contributed by atoms with Crippen molar-refractivity contribution in [2.24, 2.45) is 23.5 Å². The molecule has 2 aromatic heterocycles. The van der Waals surface area contributed by atoms with E-state index in [0.717, 1.165) is 5.56 Å². The summed E-state index contributed by atoms with van der Waals surface area (Å²) in [5.74, 6) is -8.30. The number of primary amides is 1. The van der Waals surface area contributed by atoms with Crippen LogP contribution in [-0.2, 0) is 29.1 Å². The molecule has 3 unspecified atom stereocenters. The summed E-state index contributed by atoms with van der Waals surface area (Å²) in [6.07, 6.45) is 3.87. The van der Waals surface area contributed by atoms with Crippen LogP contribution >= 0.6 is 0 Å².